The molecule has 0 saturated heterocycles. The van der Waals surface area contributed by atoms with Crippen LogP contribution in [-0.2, 0) is 11.3 Å². The lowest BCUT2D eigenvalue weighted by atomic mass is 10.0. The summed E-state index contributed by atoms with van der Waals surface area (Å²) in [4.78, 5) is 5.34. The Morgan fingerprint density at radius 3 is 2.71 bits per heavy atom. The molecule has 0 radical (unpaired) electrons. The van der Waals surface area contributed by atoms with Crippen LogP contribution in [0.15, 0.2) is 14.1 Å². The minimum atomic E-state index is -0.121. The topological polar surface area (TPSA) is 69.5 Å². The van der Waals surface area contributed by atoms with E-state index in [4.69, 9.17) is 24.2 Å². The molecule has 2 heterocycles. The molecule has 1 atom stereocenters. The number of rotatable bonds is 4. The molecule has 1 aromatic rings. The highest BCUT2D eigenvalue weighted by atomic mass is 79.9. The minimum absolute atomic E-state index is 0.0801. The predicted molar refractivity (Wildman–Crippen MR) is 82.2 cm³/mol. The first-order valence-corrected chi connectivity index (χ1v) is 7.90. The largest absolute Gasteiger partial charge is 0.492 e. The summed E-state index contributed by atoms with van der Waals surface area (Å²) >= 11 is 7.11. The summed E-state index contributed by atoms with van der Waals surface area (Å²) in [5, 5.41) is 12.9. The molecule has 6 nitrogen and oxygen atoms in total. The Kier molecular flexibility index (Phi) is 4.28. The number of benzene rings is 1. The summed E-state index contributed by atoms with van der Waals surface area (Å²) < 4.78 is 18.0. The molecule has 114 valence electrons. The second kappa shape index (κ2) is 6.02. The van der Waals surface area contributed by atoms with E-state index in [1.165, 1.54) is 0 Å². The third-order valence-corrected chi connectivity index (χ3v) is 5.04. The molecule has 0 fully saturated rings. The van der Waals surface area contributed by atoms with Gasteiger partial charge >= 0.3 is 0 Å². The van der Waals surface area contributed by atoms with E-state index in [1.54, 1.807) is 7.11 Å². The van der Waals surface area contributed by atoms with E-state index in [2.05, 4.69) is 37.0 Å². The molecule has 2 aliphatic rings. The fraction of sp³-hybridized carbons (Fsp3) is 0.462. The molecule has 0 bridgehead atoms. The number of methoxy groups -OCH3 is 1. The predicted octanol–water partition coefficient (Wildman–Crippen LogP) is 2.63. The maximum absolute atomic E-state index is 9.08. The van der Waals surface area contributed by atoms with Gasteiger partial charge in [0.25, 0.3) is 0 Å². The fourth-order valence-electron chi connectivity index (χ4n) is 2.36. The van der Waals surface area contributed by atoms with Crippen molar-refractivity contribution < 1.29 is 24.2 Å². The number of ether oxygens (including phenoxy) is 3. The van der Waals surface area contributed by atoms with Crippen molar-refractivity contribution in [3.8, 4) is 17.2 Å². The molecule has 0 aliphatic carbocycles. The van der Waals surface area contributed by atoms with E-state index in [0.29, 0.717) is 35.8 Å². The zero-order chi connectivity index (χ0) is 15.0. The molecular weight excluding hydrogens is 410 g/mol. The first-order valence-electron chi connectivity index (χ1n) is 6.31. The van der Waals surface area contributed by atoms with Crippen molar-refractivity contribution in [2.24, 2.45) is 5.16 Å². The van der Waals surface area contributed by atoms with E-state index in [-0.39, 0.29) is 19.5 Å². The van der Waals surface area contributed by atoms with Crippen LogP contribution in [-0.4, -0.2) is 37.4 Å². The Morgan fingerprint density at radius 1 is 1.29 bits per heavy atom. The lowest BCUT2D eigenvalue weighted by Crippen LogP contribution is -2.14. The molecular formula is C13H13Br2NO5. The normalized spacial score (nSPS) is 19.4. The Hall–Kier alpha value is -0.990. The van der Waals surface area contributed by atoms with E-state index >= 15 is 0 Å². The molecule has 8 heteroatoms. The highest BCUT2D eigenvalue weighted by Gasteiger charge is 2.31. The molecule has 1 unspecified atom stereocenters. The van der Waals surface area contributed by atoms with Gasteiger partial charge in [0, 0.05) is 12.8 Å². The van der Waals surface area contributed by atoms with Crippen LogP contribution in [0.5, 0.6) is 17.2 Å². The van der Waals surface area contributed by atoms with Gasteiger partial charge in [0.1, 0.15) is 6.10 Å². The van der Waals surface area contributed by atoms with Crippen LogP contribution in [0.4, 0.5) is 0 Å². The molecule has 21 heavy (non-hydrogen) atoms. The third kappa shape index (κ3) is 2.60. The standard InChI is InChI=1S/C13H13Br2NO5/c1-18-11-9(14)8(3-7-2-6(4-17)16-21-7)10(15)12-13(11)20-5-19-12/h7,17H,2-5H2,1H3. The van der Waals surface area contributed by atoms with Crippen LogP contribution >= 0.6 is 31.9 Å². The fourth-order valence-corrected chi connectivity index (χ4v) is 3.98. The van der Waals surface area contributed by atoms with Crippen molar-refractivity contribution in [1.82, 2.24) is 0 Å². The van der Waals surface area contributed by atoms with Gasteiger partial charge < -0.3 is 24.2 Å². The minimum Gasteiger partial charge on any atom is -0.492 e. The van der Waals surface area contributed by atoms with Crippen LogP contribution in [0.1, 0.15) is 12.0 Å². The van der Waals surface area contributed by atoms with Crippen LogP contribution in [0.2, 0.25) is 0 Å². The van der Waals surface area contributed by atoms with E-state index in [1.807, 2.05) is 0 Å². The van der Waals surface area contributed by atoms with E-state index in [9.17, 15) is 0 Å². The number of oxime groups is 1. The van der Waals surface area contributed by atoms with Crippen molar-refractivity contribution in [2.45, 2.75) is 18.9 Å². The monoisotopic (exact) mass is 421 g/mol. The highest BCUT2D eigenvalue weighted by molar-refractivity contribution is 9.11. The summed E-state index contributed by atoms with van der Waals surface area (Å²) in [5.41, 5.74) is 1.61. The molecule has 0 spiro atoms. The summed E-state index contributed by atoms with van der Waals surface area (Å²) in [6.45, 7) is 0.0845. The Labute approximate surface area is 138 Å². The summed E-state index contributed by atoms with van der Waals surface area (Å²) in [6.07, 6.45) is 1.08. The number of aliphatic hydroxyl groups excluding tert-OH is 1. The van der Waals surface area contributed by atoms with Crippen molar-refractivity contribution in [3.05, 3.63) is 14.5 Å². The second-order valence-electron chi connectivity index (χ2n) is 4.66. The van der Waals surface area contributed by atoms with Crippen LogP contribution in [0.25, 0.3) is 0 Å². The van der Waals surface area contributed by atoms with Crippen molar-refractivity contribution >= 4 is 37.6 Å². The van der Waals surface area contributed by atoms with Gasteiger partial charge in [-0.05, 0) is 37.4 Å². The Morgan fingerprint density at radius 2 is 2.05 bits per heavy atom. The van der Waals surface area contributed by atoms with Crippen LogP contribution in [0.3, 0.4) is 0 Å². The Balaban J connectivity index is 1.92. The van der Waals surface area contributed by atoms with Crippen LogP contribution in [0, 0.1) is 0 Å². The quantitative estimate of drug-likeness (QED) is 0.807. The van der Waals surface area contributed by atoms with Crippen molar-refractivity contribution in [2.75, 3.05) is 20.5 Å². The number of halogens is 2. The molecule has 0 aromatic heterocycles. The molecule has 3 rings (SSSR count). The number of fused-ring (bicyclic) bond motifs is 1. The third-order valence-electron chi connectivity index (χ3n) is 3.36. The van der Waals surface area contributed by atoms with Crippen molar-refractivity contribution in [1.29, 1.82) is 0 Å². The van der Waals surface area contributed by atoms with Gasteiger partial charge in [0.15, 0.2) is 11.5 Å². The summed E-state index contributed by atoms with van der Waals surface area (Å²) in [7, 11) is 1.58. The van der Waals surface area contributed by atoms with Gasteiger partial charge in [-0.2, -0.15) is 0 Å². The molecule has 2 aliphatic heterocycles. The average molecular weight is 423 g/mol. The number of hydrogen-bond donors (Lipinski definition) is 1. The van der Waals surface area contributed by atoms with E-state index in [0.717, 1.165) is 14.5 Å². The second-order valence-corrected chi connectivity index (χ2v) is 6.24. The van der Waals surface area contributed by atoms with Gasteiger partial charge in [-0.1, -0.05) is 5.16 Å². The lowest BCUT2D eigenvalue weighted by Gasteiger charge is -2.16. The first kappa shape index (κ1) is 14.9. The molecule has 0 amide bonds. The van der Waals surface area contributed by atoms with Gasteiger partial charge in [0.2, 0.25) is 12.5 Å². The van der Waals surface area contributed by atoms with Gasteiger partial charge in [-0.15, -0.1) is 0 Å². The molecule has 1 N–H and O–H groups in total. The zero-order valence-corrected chi connectivity index (χ0v) is 14.4. The number of hydrogen-bond acceptors (Lipinski definition) is 6. The van der Waals surface area contributed by atoms with Crippen molar-refractivity contribution in [3.63, 3.8) is 0 Å². The zero-order valence-electron chi connectivity index (χ0n) is 11.2. The van der Waals surface area contributed by atoms with Gasteiger partial charge in [-0.3, -0.25) is 0 Å². The number of nitrogens with zero attached hydrogens (tertiary/aromatic N) is 1. The maximum Gasteiger partial charge on any atom is 0.231 e. The summed E-state index contributed by atoms with van der Waals surface area (Å²) in [5.74, 6) is 1.81. The average Bonchev–Trinajstić information content (AvgIpc) is 3.13. The molecule has 1 aromatic carbocycles. The smallest absolute Gasteiger partial charge is 0.231 e. The van der Waals surface area contributed by atoms with E-state index < -0.39 is 0 Å². The van der Waals surface area contributed by atoms with Crippen LogP contribution < -0.4 is 14.2 Å². The summed E-state index contributed by atoms with van der Waals surface area (Å²) in [6, 6.07) is 0. The Bertz CT molecular complexity index is 605. The SMILES string of the molecule is COc1c(Br)c(CC2CC(CO)=NO2)c(Br)c2c1OCO2. The maximum atomic E-state index is 9.08. The number of aliphatic hydroxyl groups is 1. The highest BCUT2D eigenvalue weighted by Crippen LogP contribution is 2.52. The first-order chi connectivity index (χ1) is 10.2. The van der Waals surface area contributed by atoms with Gasteiger partial charge in [-0.25, -0.2) is 0 Å². The lowest BCUT2D eigenvalue weighted by molar-refractivity contribution is 0.0855. The van der Waals surface area contributed by atoms with Gasteiger partial charge in [0.05, 0.1) is 28.4 Å². The molecule has 0 saturated carbocycles.